The number of nitrogens with zero attached hydrogens (tertiary/aromatic N) is 1. The fraction of sp³-hybridized carbons (Fsp3) is 0.217. The van der Waals surface area contributed by atoms with Gasteiger partial charge < -0.3 is 4.74 Å². The van der Waals surface area contributed by atoms with Gasteiger partial charge in [-0.15, -0.1) is 5.73 Å². The van der Waals surface area contributed by atoms with Crippen LogP contribution in [0.5, 0.6) is 0 Å². The minimum atomic E-state index is -0.389. The summed E-state index contributed by atoms with van der Waals surface area (Å²) in [5.41, 5.74) is 7.52. The number of rotatable bonds is 4. The molecule has 2 nitrogen and oxygen atoms in total. The lowest BCUT2D eigenvalue weighted by Gasteiger charge is -2.20. The highest BCUT2D eigenvalue weighted by atomic mass is 16.5. The predicted molar refractivity (Wildman–Crippen MR) is 104 cm³/mol. The Kier molecular flexibility index (Phi) is 5.02. The normalized spacial score (nSPS) is 16.8. The average Bonchev–Trinajstić information content (AvgIpc) is 2.93. The Bertz CT molecular complexity index is 851. The number of ether oxygens (including phenoxy) is 1. The van der Waals surface area contributed by atoms with Gasteiger partial charge >= 0.3 is 0 Å². The Morgan fingerprint density at radius 3 is 2.36 bits per heavy atom. The lowest BCUT2D eigenvalue weighted by Crippen LogP contribution is -2.22. The molecular formula is C23H23NO. The van der Waals surface area contributed by atoms with Gasteiger partial charge in [0.1, 0.15) is 5.60 Å². The minimum Gasteiger partial charge on any atom is -0.467 e. The third-order valence-electron chi connectivity index (χ3n) is 4.25. The quantitative estimate of drug-likeness (QED) is 0.671. The second kappa shape index (κ2) is 7.38. The van der Waals surface area contributed by atoms with Gasteiger partial charge in [0, 0.05) is 11.6 Å². The molecule has 0 aromatic heterocycles. The first-order chi connectivity index (χ1) is 12.0. The summed E-state index contributed by atoms with van der Waals surface area (Å²) in [7, 11) is 0. The lowest BCUT2D eigenvalue weighted by atomic mass is 9.99. The molecule has 0 atom stereocenters. The van der Waals surface area contributed by atoms with Crippen LogP contribution in [0.25, 0.3) is 5.57 Å². The largest absolute Gasteiger partial charge is 0.467 e. The van der Waals surface area contributed by atoms with Gasteiger partial charge in [0.15, 0.2) is 0 Å². The molecule has 3 rings (SSSR count). The third-order valence-corrected chi connectivity index (χ3v) is 4.25. The van der Waals surface area contributed by atoms with E-state index in [-0.39, 0.29) is 5.60 Å². The summed E-state index contributed by atoms with van der Waals surface area (Å²) in [6.07, 6.45) is 4.02. The number of aliphatic imine (C=N–C) groups is 1. The molecule has 1 aliphatic rings. The fourth-order valence-corrected chi connectivity index (χ4v) is 2.66. The van der Waals surface area contributed by atoms with Crippen LogP contribution in [0.2, 0.25) is 0 Å². The second-order valence-corrected chi connectivity index (χ2v) is 6.63. The van der Waals surface area contributed by atoms with E-state index in [2.05, 4.69) is 55.8 Å². The van der Waals surface area contributed by atoms with E-state index >= 15 is 0 Å². The van der Waals surface area contributed by atoms with E-state index in [0.29, 0.717) is 12.4 Å². The molecule has 0 spiro atoms. The van der Waals surface area contributed by atoms with Crippen LogP contribution >= 0.6 is 0 Å². The molecular weight excluding hydrogens is 306 g/mol. The summed E-state index contributed by atoms with van der Waals surface area (Å²) in [6.45, 7) is 6.80. The van der Waals surface area contributed by atoms with Crippen molar-refractivity contribution in [2.24, 2.45) is 4.99 Å². The van der Waals surface area contributed by atoms with Crippen LogP contribution in [-0.2, 0) is 11.3 Å². The van der Waals surface area contributed by atoms with Gasteiger partial charge in [0.05, 0.1) is 6.54 Å². The number of hydrogen-bond donors (Lipinski definition) is 0. The average molecular weight is 329 g/mol. The van der Waals surface area contributed by atoms with Gasteiger partial charge in [-0.1, -0.05) is 60.7 Å². The monoisotopic (exact) mass is 329 g/mol. The molecule has 2 heteroatoms. The molecule has 2 aromatic carbocycles. The molecule has 2 aromatic rings. The molecule has 25 heavy (non-hydrogen) atoms. The van der Waals surface area contributed by atoms with E-state index in [1.54, 1.807) is 0 Å². The molecule has 126 valence electrons. The maximum absolute atomic E-state index is 6.00. The molecule has 0 fully saturated rings. The Balaban J connectivity index is 1.81. The van der Waals surface area contributed by atoms with Crippen molar-refractivity contribution < 1.29 is 4.74 Å². The van der Waals surface area contributed by atoms with Crippen molar-refractivity contribution in [1.82, 2.24) is 0 Å². The molecule has 0 N–H and O–H groups in total. The molecule has 0 unspecified atom stereocenters. The number of hydrogen-bond acceptors (Lipinski definition) is 2. The van der Waals surface area contributed by atoms with Crippen LogP contribution in [0, 0.1) is 0 Å². The van der Waals surface area contributed by atoms with E-state index in [0.717, 1.165) is 11.1 Å². The molecule has 1 heterocycles. The highest BCUT2D eigenvalue weighted by Crippen LogP contribution is 2.29. The van der Waals surface area contributed by atoms with Crippen molar-refractivity contribution >= 4 is 11.5 Å². The molecule has 0 saturated heterocycles. The van der Waals surface area contributed by atoms with Crippen molar-refractivity contribution in [1.29, 1.82) is 0 Å². The summed E-state index contributed by atoms with van der Waals surface area (Å²) < 4.78 is 6.00. The van der Waals surface area contributed by atoms with Crippen LogP contribution in [0.3, 0.4) is 0 Å². The van der Waals surface area contributed by atoms with Crippen molar-refractivity contribution in [3.63, 3.8) is 0 Å². The Morgan fingerprint density at radius 1 is 1.04 bits per heavy atom. The number of benzene rings is 2. The van der Waals surface area contributed by atoms with Gasteiger partial charge in [0.2, 0.25) is 5.90 Å². The van der Waals surface area contributed by atoms with Crippen molar-refractivity contribution in [3.8, 4) is 0 Å². The molecule has 0 aliphatic carbocycles. The Hall–Kier alpha value is -2.83. The van der Waals surface area contributed by atoms with Crippen molar-refractivity contribution in [2.45, 2.75) is 32.9 Å². The summed E-state index contributed by atoms with van der Waals surface area (Å²) in [5, 5.41) is 0. The standard InChI is InChI=1S/C23H23NO/c1-18(20-12-8-5-9-13-20)14-15-21-16-22(25-23(21,2)3)24-17-19-10-6-4-7-11-19/h4-13,15-16H,17H2,1-3H3. The first-order valence-electron chi connectivity index (χ1n) is 8.53. The summed E-state index contributed by atoms with van der Waals surface area (Å²) in [5.74, 6) is 0.680. The van der Waals surface area contributed by atoms with Gasteiger partial charge in [-0.25, -0.2) is 4.99 Å². The molecule has 0 radical (unpaired) electrons. The second-order valence-electron chi connectivity index (χ2n) is 6.63. The van der Waals surface area contributed by atoms with Crippen molar-refractivity contribution in [3.05, 3.63) is 95.2 Å². The van der Waals surface area contributed by atoms with Crippen LogP contribution in [0.1, 0.15) is 31.9 Å². The van der Waals surface area contributed by atoms with Gasteiger partial charge in [0.25, 0.3) is 0 Å². The maximum atomic E-state index is 6.00. The predicted octanol–water partition coefficient (Wildman–Crippen LogP) is 5.58. The summed E-state index contributed by atoms with van der Waals surface area (Å²) in [4.78, 5) is 4.59. The first-order valence-corrected chi connectivity index (χ1v) is 8.53. The maximum Gasteiger partial charge on any atom is 0.210 e. The zero-order chi connectivity index (χ0) is 17.7. The van der Waals surface area contributed by atoms with Crippen LogP contribution in [0.15, 0.2) is 89.1 Å². The third kappa shape index (κ3) is 4.37. The summed E-state index contributed by atoms with van der Waals surface area (Å²) in [6, 6.07) is 20.5. The van der Waals surface area contributed by atoms with Gasteiger partial charge in [-0.2, -0.15) is 0 Å². The fourth-order valence-electron chi connectivity index (χ4n) is 2.66. The molecule has 0 bridgehead atoms. The molecule has 1 aliphatic heterocycles. The zero-order valence-electron chi connectivity index (χ0n) is 15.0. The lowest BCUT2D eigenvalue weighted by molar-refractivity contribution is 0.153. The van der Waals surface area contributed by atoms with Crippen LogP contribution < -0.4 is 0 Å². The SMILES string of the molecule is CC(=C=CC1=CC(=NCc2ccccc2)OC1(C)C)c1ccccc1. The van der Waals surface area contributed by atoms with E-state index < -0.39 is 0 Å². The Labute approximate surface area is 149 Å². The molecule has 0 saturated carbocycles. The van der Waals surface area contributed by atoms with E-state index in [1.165, 1.54) is 11.1 Å². The van der Waals surface area contributed by atoms with E-state index in [1.807, 2.05) is 48.6 Å². The van der Waals surface area contributed by atoms with Gasteiger partial charge in [-0.05, 0) is 43.5 Å². The van der Waals surface area contributed by atoms with Crippen LogP contribution in [-0.4, -0.2) is 11.5 Å². The van der Waals surface area contributed by atoms with E-state index in [9.17, 15) is 0 Å². The van der Waals surface area contributed by atoms with Crippen molar-refractivity contribution in [2.75, 3.05) is 0 Å². The minimum absolute atomic E-state index is 0.389. The highest BCUT2D eigenvalue weighted by molar-refractivity contribution is 5.92. The van der Waals surface area contributed by atoms with E-state index in [4.69, 9.17) is 4.74 Å². The zero-order valence-corrected chi connectivity index (χ0v) is 15.0. The Morgan fingerprint density at radius 2 is 1.68 bits per heavy atom. The summed E-state index contributed by atoms with van der Waals surface area (Å²) >= 11 is 0. The topological polar surface area (TPSA) is 21.6 Å². The van der Waals surface area contributed by atoms with Crippen LogP contribution in [0.4, 0.5) is 0 Å². The van der Waals surface area contributed by atoms with Gasteiger partial charge in [-0.3, -0.25) is 0 Å². The smallest absolute Gasteiger partial charge is 0.210 e. The first kappa shape index (κ1) is 17.0. The highest BCUT2D eigenvalue weighted by Gasteiger charge is 2.31. The molecule has 0 amide bonds.